The summed E-state index contributed by atoms with van der Waals surface area (Å²) in [6.07, 6.45) is 1.99. The molecular weight excluding hydrogens is 346 g/mol. The van der Waals surface area contributed by atoms with Gasteiger partial charge in [0.15, 0.2) is 0 Å². The maximum absolute atomic E-state index is 13.0. The molecule has 26 heavy (non-hydrogen) atoms. The van der Waals surface area contributed by atoms with Crippen molar-refractivity contribution in [2.45, 2.75) is 4.90 Å². The number of benzene rings is 2. The van der Waals surface area contributed by atoms with Gasteiger partial charge in [-0.1, -0.05) is 18.2 Å². The second-order valence-corrected chi connectivity index (χ2v) is 7.04. The van der Waals surface area contributed by atoms with Crippen molar-refractivity contribution in [2.75, 3.05) is 24.2 Å². The number of thioether (sulfide) groups is 1. The molecule has 0 spiro atoms. The summed E-state index contributed by atoms with van der Waals surface area (Å²) in [4.78, 5) is 20.6. The number of amidine groups is 1. The van der Waals surface area contributed by atoms with Crippen molar-refractivity contribution in [3.05, 3.63) is 64.4 Å². The van der Waals surface area contributed by atoms with Crippen molar-refractivity contribution in [3.63, 3.8) is 0 Å². The molecule has 1 aromatic heterocycles. The molecule has 4 rings (SSSR count). The maximum Gasteiger partial charge on any atom is 0.265 e. The van der Waals surface area contributed by atoms with Gasteiger partial charge in [-0.3, -0.25) is 9.79 Å². The largest absolute Gasteiger partial charge is 0.506 e. The first-order valence-electron chi connectivity index (χ1n) is 8.39. The van der Waals surface area contributed by atoms with E-state index in [0.29, 0.717) is 29.8 Å². The number of fused-ring (bicyclic) bond motifs is 1. The smallest absolute Gasteiger partial charge is 0.265 e. The topological polar surface area (TPSA) is 57.8 Å². The number of rotatable bonds is 3. The van der Waals surface area contributed by atoms with E-state index in [-0.39, 0.29) is 16.9 Å². The van der Waals surface area contributed by atoms with Crippen molar-refractivity contribution in [2.24, 2.45) is 12.0 Å². The maximum atomic E-state index is 13.0. The summed E-state index contributed by atoms with van der Waals surface area (Å²) in [7, 11) is 1.73. The second-order valence-electron chi connectivity index (χ2n) is 6.16. The lowest BCUT2D eigenvalue weighted by Crippen LogP contribution is -2.34. The molecule has 0 unspecified atom stereocenters. The second kappa shape index (κ2) is 6.53. The Morgan fingerprint density at radius 2 is 1.92 bits per heavy atom. The average Bonchev–Trinajstić information content (AvgIpc) is 3.16. The van der Waals surface area contributed by atoms with Crippen LogP contribution in [0.5, 0.6) is 5.75 Å². The molecule has 5 nitrogen and oxygen atoms in total. The molecule has 2 aromatic carbocycles. The highest BCUT2D eigenvalue weighted by Crippen LogP contribution is 2.32. The molecule has 0 amide bonds. The number of para-hydroxylation sites is 1. The van der Waals surface area contributed by atoms with Gasteiger partial charge in [-0.05, 0) is 36.6 Å². The molecule has 0 saturated carbocycles. The van der Waals surface area contributed by atoms with Crippen molar-refractivity contribution < 1.29 is 5.11 Å². The Bertz CT molecular complexity index is 1070. The van der Waals surface area contributed by atoms with Crippen LogP contribution >= 0.6 is 11.8 Å². The molecule has 1 N–H and O–H groups in total. The zero-order valence-corrected chi connectivity index (χ0v) is 15.5. The monoisotopic (exact) mass is 365 g/mol. The first-order chi connectivity index (χ1) is 12.6. The third kappa shape index (κ3) is 2.57. The molecule has 3 aromatic rings. The zero-order chi connectivity index (χ0) is 18.3. The number of hydrogen-bond acceptors (Lipinski definition) is 5. The fourth-order valence-electron chi connectivity index (χ4n) is 3.36. The standard InChI is InChI=1S/C20H19N3O2S/c1-22-16-9-8-14(26-2)12-15(16)18(24)17(20(22)25)19-21-10-11-23(19)13-6-4-3-5-7-13/h3-9,12,24H,10-11H2,1-2H3. The number of pyridine rings is 1. The fraction of sp³-hybridized carbons (Fsp3) is 0.200. The van der Waals surface area contributed by atoms with E-state index < -0.39 is 0 Å². The molecule has 0 atom stereocenters. The number of aromatic hydroxyl groups is 1. The highest BCUT2D eigenvalue weighted by Gasteiger charge is 2.27. The lowest BCUT2D eigenvalue weighted by Gasteiger charge is -2.22. The van der Waals surface area contributed by atoms with Gasteiger partial charge in [0.25, 0.3) is 5.56 Å². The van der Waals surface area contributed by atoms with Crippen LogP contribution in [0.3, 0.4) is 0 Å². The quantitative estimate of drug-likeness (QED) is 0.724. The number of anilines is 1. The summed E-state index contributed by atoms with van der Waals surface area (Å²) < 4.78 is 1.58. The van der Waals surface area contributed by atoms with Crippen LogP contribution in [0.4, 0.5) is 5.69 Å². The number of aryl methyl sites for hydroxylation is 1. The lowest BCUT2D eigenvalue weighted by molar-refractivity contribution is 0.478. The summed E-state index contributed by atoms with van der Waals surface area (Å²) in [5, 5.41) is 11.6. The predicted molar refractivity (Wildman–Crippen MR) is 108 cm³/mol. The Morgan fingerprint density at radius 3 is 2.65 bits per heavy atom. The first kappa shape index (κ1) is 16.7. The Hall–Kier alpha value is -2.73. The number of aliphatic imine (C=N–C) groups is 1. The van der Waals surface area contributed by atoms with E-state index in [1.807, 2.05) is 59.7 Å². The van der Waals surface area contributed by atoms with E-state index in [9.17, 15) is 9.90 Å². The van der Waals surface area contributed by atoms with Gasteiger partial charge in [0.2, 0.25) is 0 Å². The Balaban J connectivity index is 1.95. The highest BCUT2D eigenvalue weighted by molar-refractivity contribution is 7.98. The molecule has 0 aliphatic carbocycles. The highest BCUT2D eigenvalue weighted by atomic mass is 32.2. The summed E-state index contributed by atoms with van der Waals surface area (Å²) in [6.45, 7) is 1.28. The minimum absolute atomic E-state index is 0.000538. The van der Waals surface area contributed by atoms with Crippen molar-refractivity contribution in [1.29, 1.82) is 0 Å². The van der Waals surface area contributed by atoms with E-state index in [2.05, 4.69) is 4.99 Å². The SMILES string of the molecule is CSc1ccc2c(c1)c(O)c(C1=NCCN1c1ccccc1)c(=O)n2C. The van der Waals surface area contributed by atoms with Gasteiger partial charge >= 0.3 is 0 Å². The predicted octanol–water partition coefficient (Wildman–Crippen LogP) is 3.23. The van der Waals surface area contributed by atoms with E-state index in [4.69, 9.17) is 0 Å². The van der Waals surface area contributed by atoms with Crippen LogP contribution < -0.4 is 10.5 Å². The zero-order valence-electron chi connectivity index (χ0n) is 14.6. The van der Waals surface area contributed by atoms with Crippen LogP contribution in [0.1, 0.15) is 5.56 Å². The van der Waals surface area contributed by atoms with Crippen LogP contribution in [0.2, 0.25) is 0 Å². The van der Waals surface area contributed by atoms with Gasteiger partial charge in [0.05, 0.1) is 12.1 Å². The molecule has 0 bridgehead atoms. The van der Waals surface area contributed by atoms with Crippen molar-refractivity contribution in [1.82, 2.24) is 4.57 Å². The molecule has 0 saturated heterocycles. The van der Waals surface area contributed by atoms with Crippen LogP contribution in [0, 0.1) is 0 Å². The van der Waals surface area contributed by atoms with Gasteiger partial charge in [0, 0.05) is 29.6 Å². The molecule has 6 heteroatoms. The molecule has 0 fully saturated rings. The van der Waals surface area contributed by atoms with Gasteiger partial charge in [-0.15, -0.1) is 11.8 Å². The molecular formula is C20H19N3O2S. The third-order valence-electron chi connectivity index (χ3n) is 4.71. The van der Waals surface area contributed by atoms with Crippen LogP contribution in [-0.4, -0.2) is 34.9 Å². The number of aromatic nitrogens is 1. The van der Waals surface area contributed by atoms with E-state index in [1.165, 1.54) is 0 Å². The van der Waals surface area contributed by atoms with Crippen LogP contribution in [0.25, 0.3) is 10.9 Å². The Labute approximate surface area is 155 Å². The van der Waals surface area contributed by atoms with E-state index >= 15 is 0 Å². The molecule has 1 aliphatic rings. The minimum Gasteiger partial charge on any atom is -0.506 e. The summed E-state index contributed by atoms with van der Waals surface area (Å²) in [5.41, 5.74) is 1.69. The van der Waals surface area contributed by atoms with E-state index in [1.54, 1.807) is 23.4 Å². The van der Waals surface area contributed by atoms with E-state index in [0.717, 1.165) is 10.6 Å². The van der Waals surface area contributed by atoms with Crippen molar-refractivity contribution in [3.8, 4) is 5.75 Å². The average molecular weight is 365 g/mol. The molecule has 1 aliphatic heterocycles. The van der Waals surface area contributed by atoms with Crippen LogP contribution in [-0.2, 0) is 7.05 Å². The van der Waals surface area contributed by atoms with Gasteiger partial charge < -0.3 is 14.6 Å². The number of hydrogen-bond donors (Lipinski definition) is 1. The normalized spacial score (nSPS) is 14.1. The van der Waals surface area contributed by atoms with Gasteiger partial charge in [-0.25, -0.2) is 0 Å². The van der Waals surface area contributed by atoms with Crippen molar-refractivity contribution >= 4 is 34.2 Å². The number of nitrogens with zero attached hydrogens (tertiary/aromatic N) is 3. The summed E-state index contributed by atoms with van der Waals surface area (Å²) >= 11 is 1.60. The van der Waals surface area contributed by atoms with Crippen LogP contribution in [0.15, 0.2) is 63.2 Å². The lowest BCUT2D eigenvalue weighted by atomic mass is 10.1. The molecule has 2 heterocycles. The Morgan fingerprint density at radius 1 is 1.15 bits per heavy atom. The first-order valence-corrected chi connectivity index (χ1v) is 9.61. The van der Waals surface area contributed by atoms with Gasteiger partial charge in [0.1, 0.15) is 17.1 Å². The van der Waals surface area contributed by atoms with Gasteiger partial charge in [-0.2, -0.15) is 0 Å². The Kier molecular flexibility index (Phi) is 4.20. The fourth-order valence-corrected chi connectivity index (χ4v) is 3.80. The summed E-state index contributed by atoms with van der Waals surface area (Å²) in [6, 6.07) is 15.6. The molecule has 132 valence electrons. The summed E-state index contributed by atoms with van der Waals surface area (Å²) in [5.74, 6) is 0.534. The molecule has 0 radical (unpaired) electrons. The third-order valence-corrected chi connectivity index (χ3v) is 5.43. The minimum atomic E-state index is -0.242.